The Balaban J connectivity index is 2.32. The zero-order valence-electron chi connectivity index (χ0n) is 11.6. The molecule has 2 nitrogen and oxygen atoms in total. The number of likely N-dealkylation sites (N-methyl/N-ethyl adjacent to an activating group) is 2. The Morgan fingerprint density at radius 1 is 1.25 bits per heavy atom. The first-order chi connectivity index (χ1) is 7.67. The number of nitrogens with zero attached hydrogens (tertiary/aromatic N) is 1. The smallest absolute Gasteiger partial charge is 0.0217 e. The third-order valence-electron chi connectivity index (χ3n) is 3.91. The summed E-state index contributed by atoms with van der Waals surface area (Å²) in [7, 11) is 0. The fraction of sp³-hybridized carbons (Fsp3) is 1.00. The summed E-state index contributed by atoms with van der Waals surface area (Å²) in [5.41, 5.74) is 0. The Hall–Kier alpha value is -0.0800. The van der Waals surface area contributed by atoms with Crippen LogP contribution in [-0.4, -0.2) is 37.1 Å². The van der Waals surface area contributed by atoms with Gasteiger partial charge in [-0.2, -0.15) is 0 Å². The van der Waals surface area contributed by atoms with E-state index in [9.17, 15) is 0 Å². The van der Waals surface area contributed by atoms with Crippen LogP contribution in [0.15, 0.2) is 0 Å². The molecule has 0 amide bonds. The van der Waals surface area contributed by atoms with Crippen LogP contribution in [0.2, 0.25) is 0 Å². The monoisotopic (exact) mass is 226 g/mol. The van der Waals surface area contributed by atoms with E-state index in [1.807, 2.05) is 0 Å². The van der Waals surface area contributed by atoms with E-state index in [1.165, 1.54) is 38.9 Å². The van der Waals surface area contributed by atoms with Crippen LogP contribution in [0, 0.1) is 11.8 Å². The molecule has 16 heavy (non-hydrogen) atoms. The van der Waals surface area contributed by atoms with Crippen LogP contribution < -0.4 is 5.32 Å². The highest BCUT2D eigenvalue weighted by Crippen LogP contribution is 2.27. The van der Waals surface area contributed by atoms with Gasteiger partial charge in [-0.25, -0.2) is 0 Å². The van der Waals surface area contributed by atoms with E-state index in [1.54, 1.807) is 0 Å². The molecule has 0 bridgehead atoms. The molecular weight excluding hydrogens is 196 g/mol. The summed E-state index contributed by atoms with van der Waals surface area (Å²) in [6.07, 6.45) is 4.39. The minimum absolute atomic E-state index is 0.657. The van der Waals surface area contributed by atoms with Crippen molar-refractivity contribution in [2.24, 2.45) is 11.8 Å². The van der Waals surface area contributed by atoms with Gasteiger partial charge in [-0.05, 0) is 37.8 Å². The molecule has 0 aliphatic heterocycles. The summed E-state index contributed by atoms with van der Waals surface area (Å²) >= 11 is 0. The lowest BCUT2D eigenvalue weighted by molar-refractivity contribution is 0.160. The first-order valence-corrected chi connectivity index (χ1v) is 7.13. The first kappa shape index (κ1) is 14.0. The minimum atomic E-state index is 0.657. The molecule has 1 aliphatic carbocycles. The van der Waals surface area contributed by atoms with Crippen LogP contribution in [-0.2, 0) is 0 Å². The minimum Gasteiger partial charge on any atom is -0.313 e. The van der Waals surface area contributed by atoms with E-state index in [2.05, 4.69) is 37.9 Å². The molecule has 0 spiro atoms. The van der Waals surface area contributed by atoms with Gasteiger partial charge in [0.15, 0.2) is 0 Å². The molecule has 0 heterocycles. The normalized spacial score (nSPS) is 19.1. The number of hydrogen-bond acceptors (Lipinski definition) is 2. The molecule has 1 saturated carbocycles. The van der Waals surface area contributed by atoms with Crippen molar-refractivity contribution in [3.63, 3.8) is 0 Å². The van der Waals surface area contributed by atoms with Gasteiger partial charge in [0.25, 0.3) is 0 Å². The molecule has 0 aromatic carbocycles. The lowest BCUT2D eigenvalue weighted by atomic mass is 9.85. The highest BCUT2D eigenvalue weighted by Gasteiger charge is 2.22. The molecule has 0 aromatic rings. The van der Waals surface area contributed by atoms with Crippen molar-refractivity contribution in [2.45, 2.75) is 53.0 Å². The fourth-order valence-corrected chi connectivity index (χ4v) is 2.42. The predicted molar refractivity (Wildman–Crippen MR) is 71.8 cm³/mol. The Labute approximate surface area is 102 Å². The molecule has 1 aliphatic rings. The SMILES string of the molecule is CCNC(CN(CC)CC1CCC1)C(C)C. The van der Waals surface area contributed by atoms with Gasteiger partial charge in [0, 0.05) is 19.1 Å². The second-order valence-electron chi connectivity index (χ2n) is 5.56. The molecule has 1 N–H and O–H groups in total. The average molecular weight is 226 g/mol. The maximum Gasteiger partial charge on any atom is 0.0217 e. The van der Waals surface area contributed by atoms with Gasteiger partial charge in [-0.15, -0.1) is 0 Å². The van der Waals surface area contributed by atoms with Crippen LogP contribution in [0.4, 0.5) is 0 Å². The van der Waals surface area contributed by atoms with Gasteiger partial charge in [-0.3, -0.25) is 0 Å². The maximum absolute atomic E-state index is 3.61. The van der Waals surface area contributed by atoms with E-state index < -0.39 is 0 Å². The Kier molecular flexibility index (Phi) is 6.37. The lowest BCUT2D eigenvalue weighted by Gasteiger charge is -2.35. The average Bonchev–Trinajstić information content (AvgIpc) is 2.19. The van der Waals surface area contributed by atoms with Crippen molar-refractivity contribution in [1.82, 2.24) is 10.2 Å². The third-order valence-corrected chi connectivity index (χ3v) is 3.91. The molecule has 1 rings (SSSR count). The molecule has 2 heteroatoms. The molecule has 1 atom stereocenters. The second-order valence-corrected chi connectivity index (χ2v) is 5.56. The zero-order valence-corrected chi connectivity index (χ0v) is 11.6. The highest BCUT2D eigenvalue weighted by atomic mass is 15.1. The molecule has 96 valence electrons. The van der Waals surface area contributed by atoms with Gasteiger partial charge in [0.2, 0.25) is 0 Å². The summed E-state index contributed by atoms with van der Waals surface area (Å²) in [6, 6.07) is 0.657. The van der Waals surface area contributed by atoms with Crippen LogP contribution >= 0.6 is 0 Å². The van der Waals surface area contributed by atoms with Crippen molar-refractivity contribution in [1.29, 1.82) is 0 Å². The number of nitrogens with one attached hydrogen (secondary N) is 1. The van der Waals surface area contributed by atoms with E-state index in [0.717, 1.165) is 18.4 Å². The molecule has 0 radical (unpaired) electrons. The fourth-order valence-electron chi connectivity index (χ4n) is 2.42. The molecule has 0 saturated heterocycles. The Morgan fingerprint density at radius 3 is 2.31 bits per heavy atom. The Bertz CT molecular complexity index is 176. The number of hydrogen-bond donors (Lipinski definition) is 1. The standard InChI is InChI=1S/C14H30N2/c1-5-15-14(12(3)4)11-16(6-2)10-13-8-7-9-13/h12-15H,5-11H2,1-4H3. The zero-order chi connectivity index (χ0) is 12.0. The van der Waals surface area contributed by atoms with Crippen molar-refractivity contribution in [3.8, 4) is 0 Å². The van der Waals surface area contributed by atoms with Crippen LogP contribution in [0.5, 0.6) is 0 Å². The van der Waals surface area contributed by atoms with Gasteiger partial charge < -0.3 is 10.2 Å². The summed E-state index contributed by atoms with van der Waals surface area (Å²) in [5.74, 6) is 1.73. The van der Waals surface area contributed by atoms with Crippen LogP contribution in [0.3, 0.4) is 0 Å². The van der Waals surface area contributed by atoms with E-state index in [-0.39, 0.29) is 0 Å². The van der Waals surface area contributed by atoms with Crippen LogP contribution in [0.1, 0.15) is 47.0 Å². The van der Waals surface area contributed by atoms with Gasteiger partial charge in [-0.1, -0.05) is 34.1 Å². The van der Waals surface area contributed by atoms with E-state index in [4.69, 9.17) is 0 Å². The van der Waals surface area contributed by atoms with Crippen molar-refractivity contribution in [2.75, 3.05) is 26.2 Å². The van der Waals surface area contributed by atoms with Crippen molar-refractivity contribution < 1.29 is 0 Å². The molecule has 1 fully saturated rings. The van der Waals surface area contributed by atoms with E-state index in [0.29, 0.717) is 6.04 Å². The molecular formula is C14H30N2. The number of rotatable bonds is 8. The molecule has 1 unspecified atom stereocenters. The third kappa shape index (κ3) is 4.42. The van der Waals surface area contributed by atoms with Crippen LogP contribution in [0.25, 0.3) is 0 Å². The summed E-state index contributed by atoms with van der Waals surface area (Å²) in [4.78, 5) is 2.64. The summed E-state index contributed by atoms with van der Waals surface area (Å²) < 4.78 is 0. The predicted octanol–water partition coefficient (Wildman–Crippen LogP) is 2.74. The lowest BCUT2D eigenvalue weighted by Crippen LogP contribution is -2.46. The first-order valence-electron chi connectivity index (χ1n) is 7.13. The van der Waals surface area contributed by atoms with E-state index >= 15 is 0 Å². The van der Waals surface area contributed by atoms with Gasteiger partial charge in [0.1, 0.15) is 0 Å². The van der Waals surface area contributed by atoms with Crippen molar-refractivity contribution >= 4 is 0 Å². The second kappa shape index (κ2) is 7.29. The molecule has 0 aromatic heterocycles. The Morgan fingerprint density at radius 2 is 1.94 bits per heavy atom. The maximum atomic E-state index is 3.61. The summed E-state index contributed by atoms with van der Waals surface area (Å²) in [5, 5.41) is 3.61. The van der Waals surface area contributed by atoms with Crippen molar-refractivity contribution in [3.05, 3.63) is 0 Å². The quantitative estimate of drug-likeness (QED) is 0.684. The summed E-state index contributed by atoms with van der Waals surface area (Å²) in [6.45, 7) is 14.0. The highest BCUT2D eigenvalue weighted by molar-refractivity contribution is 4.78. The largest absolute Gasteiger partial charge is 0.313 e. The topological polar surface area (TPSA) is 15.3 Å². The van der Waals surface area contributed by atoms with Gasteiger partial charge >= 0.3 is 0 Å². The van der Waals surface area contributed by atoms with Gasteiger partial charge in [0.05, 0.1) is 0 Å².